The fourth-order valence-electron chi connectivity index (χ4n) is 2.95. The molecule has 2 aromatic heterocycles. The van der Waals surface area contributed by atoms with Crippen molar-refractivity contribution in [2.45, 2.75) is 25.1 Å². The van der Waals surface area contributed by atoms with Crippen LogP contribution in [0.4, 0.5) is 0 Å². The Hall–Kier alpha value is -1.28. The molecule has 2 aromatic rings. The standard InChI is InChI=1S/C14H20N4O2S/c1-17(2)6-9-5-10(19)7-18(9)8-12-15-11-3-4-21-13(11)14(20)16-12/h3-4,9-10,19H,5-8H2,1-2H3,(H,15,16,20). The second-order valence-corrected chi connectivity index (χ2v) is 6.80. The van der Waals surface area contributed by atoms with Gasteiger partial charge in [-0.1, -0.05) is 0 Å². The zero-order chi connectivity index (χ0) is 15.0. The second-order valence-electron chi connectivity index (χ2n) is 5.88. The van der Waals surface area contributed by atoms with Crippen LogP contribution in [-0.4, -0.2) is 64.2 Å². The van der Waals surface area contributed by atoms with E-state index in [9.17, 15) is 9.90 Å². The number of likely N-dealkylation sites (tertiary alicyclic amines) is 1. The number of aliphatic hydroxyl groups is 1. The van der Waals surface area contributed by atoms with E-state index in [1.807, 2.05) is 25.5 Å². The number of rotatable bonds is 4. The van der Waals surface area contributed by atoms with Gasteiger partial charge in [0.25, 0.3) is 5.56 Å². The minimum atomic E-state index is -0.299. The number of nitrogens with one attached hydrogen (secondary N) is 1. The third kappa shape index (κ3) is 3.16. The molecule has 3 heterocycles. The molecule has 1 fully saturated rings. The summed E-state index contributed by atoms with van der Waals surface area (Å²) in [5.74, 6) is 0.670. The topological polar surface area (TPSA) is 72.5 Å². The molecule has 0 aliphatic carbocycles. The van der Waals surface area contributed by atoms with E-state index in [1.165, 1.54) is 11.3 Å². The Bertz CT molecular complexity index is 681. The lowest BCUT2D eigenvalue weighted by Crippen LogP contribution is -2.37. The highest BCUT2D eigenvalue weighted by Gasteiger charge is 2.31. The molecule has 1 aliphatic rings. The molecular weight excluding hydrogens is 288 g/mol. The van der Waals surface area contributed by atoms with Gasteiger partial charge in [-0.3, -0.25) is 9.69 Å². The van der Waals surface area contributed by atoms with Gasteiger partial charge in [-0.2, -0.15) is 0 Å². The number of fused-ring (bicyclic) bond motifs is 1. The zero-order valence-electron chi connectivity index (χ0n) is 12.2. The maximum atomic E-state index is 12.0. The Morgan fingerprint density at radius 3 is 3.14 bits per heavy atom. The fourth-order valence-corrected chi connectivity index (χ4v) is 3.68. The minimum Gasteiger partial charge on any atom is -0.392 e. The summed E-state index contributed by atoms with van der Waals surface area (Å²) in [6.07, 6.45) is 0.467. The fraction of sp³-hybridized carbons (Fsp3) is 0.571. The van der Waals surface area contributed by atoms with Gasteiger partial charge in [0, 0.05) is 19.1 Å². The van der Waals surface area contributed by atoms with Crippen LogP contribution in [0.1, 0.15) is 12.2 Å². The summed E-state index contributed by atoms with van der Waals surface area (Å²) in [6, 6.07) is 2.16. The van der Waals surface area contributed by atoms with Crippen molar-refractivity contribution in [1.29, 1.82) is 0 Å². The zero-order valence-corrected chi connectivity index (χ0v) is 13.1. The Kier molecular flexibility index (Phi) is 4.08. The molecule has 0 spiro atoms. The number of H-pyrrole nitrogens is 1. The van der Waals surface area contributed by atoms with Crippen LogP contribution in [0.2, 0.25) is 0 Å². The lowest BCUT2D eigenvalue weighted by atomic mass is 10.2. The Balaban J connectivity index is 1.81. The number of nitrogens with zero attached hydrogens (tertiary/aromatic N) is 3. The second kappa shape index (κ2) is 5.84. The Morgan fingerprint density at radius 1 is 1.57 bits per heavy atom. The number of β-amino-alcohol motifs (C(OH)–C–C–N with tert-alkyl or cyclic N) is 1. The molecule has 0 bridgehead atoms. The van der Waals surface area contributed by atoms with Crippen LogP contribution in [0.3, 0.4) is 0 Å². The lowest BCUT2D eigenvalue weighted by Gasteiger charge is -2.26. The van der Waals surface area contributed by atoms with Gasteiger partial charge >= 0.3 is 0 Å². The normalized spacial score (nSPS) is 23.4. The molecule has 21 heavy (non-hydrogen) atoms. The van der Waals surface area contributed by atoms with E-state index in [0.29, 0.717) is 29.7 Å². The van der Waals surface area contributed by atoms with Crippen LogP contribution >= 0.6 is 11.3 Å². The van der Waals surface area contributed by atoms with Crippen LogP contribution < -0.4 is 5.56 Å². The highest BCUT2D eigenvalue weighted by molar-refractivity contribution is 7.17. The molecular formula is C14H20N4O2S. The summed E-state index contributed by atoms with van der Waals surface area (Å²) in [5, 5.41) is 11.8. The number of aromatic nitrogens is 2. The summed E-state index contributed by atoms with van der Waals surface area (Å²) >= 11 is 1.41. The van der Waals surface area contributed by atoms with Crippen molar-refractivity contribution >= 4 is 21.6 Å². The number of hydrogen-bond donors (Lipinski definition) is 2. The van der Waals surface area contributed by atoms with Crippen molar-refractivity contribution < 1.29 is 5.11 Å². The first-order valence-corrected chi connectivity index (χ1v) is 7.94. The number of aromatic amines is 1. The van der Waals surface area contributed by atoms with E-state index in [-0.39, 0.29) is 11.7 Å². The smallest absolute Gasteiger partial charge is 0.268 e. The number of aliphatic hydroxyl groups excluding tert-OH is 1. The van der Waals surface area contributed by atoms with E-state index in [2.05, 4.69) is 19.8 Å². The van der Waals surface area contributed by atoms with Crippen molar-refractivity contribution in [2.24, 2.45) is 0 Å². The predicted octanol–water partition coefficient (Wildman–Crippen LogP) is 0.481. The summed E-state index contributed by atoms with van der Waals surface area (Å²) < 4.78 is 0.671. The van der Waals surface area contributed by atoms with Crippen molar-refractivity contribution in [3.8, 4) is 0 Å². The first-order valence-electron chi connectivity index (χ1n) is 7.06. The van der Waals surface area contributed by atoms with Crippen molar-refractivity contribution in [3.05, 3.63) is 27.6 Å². The van der Waals surface area contributed by atoms with Gasteiger partial charge in [-0.15, -0.1) is 11.3 Å². The number of likely N-dealkylation sites (N-methyl/N-ethyl adjacent to an activating group) is 1. The van der Waals surface area contributed by atoms with Crippen molar-refractivity contribution in [2.75, 3.05) is 27.2 Å². The highest BCUT2D eigenvalue weighted by atomic mass is 32.1. The molecule has 1 aliphatic heterocycles. The van der Waals surface area contributed by atoms with Gasteiger partial charge in [-0.25, -0.2) is 4.98 Å². The average molecular weight is 308 g/mol. The van der Waals surface area contributed by atoms with Gasteiger partial charge in [-0.05, 0) is 32.0 Å². The van der Waals surface area contributed by atoms with Gasteiger partial charge < -0.3 is 15.0 Å². The minimum absolute atomic E-state index is 0.0751. The SMILES string of the molecule is CN(C)CC1CC(O)CN1Cc1nc2ccsc2c(=O)[nH]1. The van der Waals surface area contributed by atoms with Gasteiger partial charge in [0.05, 0.1) is 18.2 Å². The summed E-state index contributed by atoms with van der Waals surface area (Å²) in [6.45, 7) is 2.09. The van der Waals surface area contributed by atoms with Gasteiger partial charge in [0.15, 0.2) is 0 Å². The summed E-state index contributed by atoms with van der Waals surface area (Å²) in [7, 11) is 4.06. The molecule has 2 unspecified atom stereocenters. The largest absolute Gasteiger partial charge is 0.392 e. The van der Waals surface area contributed by atoms with Crippen LogP contribution in [0, 0.1) is 0 Å². The van der Waals surface area contributed by atoms with Crippen molar-refractivity contribution in [1.82, 2.24) is 19.8 Å². The number of hydrogen-bond acceptors (Lipinski definition) is 6. The maximum Gasteiger partial charge on any atom is 0.268 e. The molecule has 3 rings (SSSR count). The quantitative estimate of drug-likeness (QED) is 0.859. The molecule has 7 heteroatoms. The van der Waals surface area contributed by atoms with E-state index >= 15 is 0 Å². The van der Waals surface area contributed by atoms with Crippen molar-refractivity contribution in [3.63, 3.8) is 0 Å². The van der Waals surface area contributed by atoms with Crippen LogP contribution in [0.25, 0.3) is 10.2 Å². The predicted molar refractivity (Wildman–Crippen MR) is 83.6 cm³/mol. The molecule has 1 saturated heterocycles. The molecule has 114 valence electrons. The third-order valence-corrected chi connectivity index (χ3v) is 4.70. The van der Waals surface area contributed by atoms with Crippen LogP contribution in [0.15, 0.2) is 16.2 Å². The molecule has 0 radical (unpaired) electrons. The van der Waals surface area contributed by atoms with E-state index < -0.39 is 0 Å². The molecule has 0 saturated carbocycles. The van der Waals surface area contributed by atoms with E-state index in [1.54, 1.807) is 0 Å². The molecule has 2 atom stereocenters. The average Bonchev–Trinajstić information content (AvgIpc) is 2.96. The first-order chi connectivity index (χ1) is 10.0. The van der Waals surface area contributed by atoms with Crippen LogP contribution in [0.5, 0.6) is 0 Å². The van der Waals surface area contributed by atoms with E-state index in [4.69, 9.17) is 0 Å². The van der Waals surface area contributed by atoms with E-state index in [0.717, 1.165) is 18.5 Å². The summed E-state index contributed by atoms with van der Waals surface area (Å²) in [5.41, 5.74) is 0.677. The Morgan fingerprint density at radius 2 is 2.38 bits per heavy atom. The first kappa shape index (κ1) is 14.6. The molecule has 0 aromatic carbocycles. The Labute approximate surface area is 127 Å². The highest BCUT2D eigenvalue weighted by Crippen LogP contribution is 2.21. The molecule has 2 N–H and O–H groups in total. The lowest BCUT2D eigenvalue weighted by molar-refractivity contribution is 0.167. The van der Waals surface area contributed by atoms with Gasteiger partial charge in [0.2, 0.25) is 0 Å². The monoisotopic (exact) mass is 308 g/mol. The van der Waals surface area contributed by atoms with Crippen LogP contribution in [-0.2, 0) is 6.54 Å². The third-order valence-electron chi connectivity index (χ3n) is 3.80. The molecule has 6 nitrogen and oxygen atoms in total. The van der Waals surface area contributed by atoms with Gasteiger partial charge in [0.1, 0.15) is 10.5 Å². The maximum absolute atomic E-state index is 12.0. The summed E-state index contributed by atoms with van der Waals surface area (Å²) in [4.78, 5) is 23.7. The number of thiophene rings is 1. The molecule has 0 amide bonds.